The highest BCUT2D eigenvalue weighted by molar-refractivity contribution is 6.14. The lowest BCUT2D eigenvalue weighted by atomic mass is 9.84. The molecule has 2 atom stereocenters. The summed E-state index contributed by atoms with van der Waals surface area (Å²) in [7, 11) is 1.60. The minimum atomic E-state index is 0.376. The summed E-state index contributed by atoms with van der Waals surface area (Å²) >= 11 is 0. The molecule has 4 aromatic rings. The number of fused-ring (bicyclic) bond motifs is 3. The summed E-state index contributed by atoms with van der Waals surface area (Å²) in [5.74, 6) is 2.59. The highest BCUT2D eigenvalue weighted by Crippen LogP contribution is 2.63. The van der Waals surface area contributed by atoms with E-state index in [0.29, 0.717) is 29.5 Å². The molecule has 3 aromatic carbocycles. The standard InChI is InChI=1S/C22H17N3O/c1-11-23-21(25-22(24-11)26-2)15-9-8-13-7-6-12-4-3-5-14-16-10-17(16)20(15)19(13)18(12)14/h3-9,16-17H,10H2,1-2H3. The van der Waals surface area contributed by atoms with Crippen LogP contribution in [-0.2, 0) is 0 Å². The minimum Gasteiger partial charge on any atom is -0.467 e. The third kappa shape index (κ3) is 1.76. The Morgan fingerprint density at radius 3 is 2.54 bits per heavy atom. The maximum absolute atomic E-state index is 5.28. The van der Waals surface area contributed by atoms with E-state index in [9.17, 15) is 0 Å². The molecule has 4 heteroatoms. The Labute approximate surface area is 150 Å². The Kier molecular flexibility index (Phi) is 2.61. The molecule has 2 unspecified atom stereocenters. The lowest BCUT2D eigenvalue weighted by molar-refractivity contribution is 0.377. The lowest BCUT2D eigenvalue weighted by Crippen LogP contribution is -2.04. The van der Waals surface area contributed by atoms with Gasteiger partial charge in [-0.1, -0.05) is 42.5 Å². The fraction of sp³-hybridized carbons (Fsp3) is 0.227. The number of aryl methyl sites for hydroxylation is 1. The summed E-state index contributed by atoms with van der Waals surface area (Å²) in [6.07, 6.45) is 1.21. The number of hydrogen-bond acceptors (Lipinski definition) is 4. The first-order valence-corrected chi connectivity index (χ1v) is 9.00. The molecule has 2 aliphatic carbocycles. The summed E-state index contributed by atoms with van der Waals surface area (Å²) in [6, 6.07) is 15.9. The molecule has 1 saturated carbocycles. The van der Waals surface area contributed by atoms with E-state index < -0.39 is 0 Å². The van der Waals surface area contributed by atoms with E-state index in [0.717, 1.165) is 5.56 Å². The van der Waals surface area contributed by atoms with Gasteiger partial charge in [0.25, 0.3) is 0 Å². The van der Waals surface area contributed by atoms with Gasteiger partial charge in [0.1, 0.15) is 5.82 Å². The summed E-state index contributed by atoms with van der Waals surface area (Å²) in [6.45, 7) is 1.88. The van der Waals surface area contributed by atoms with Crippen LogP contribution in [0.4, 0.5) is 0 Å². The van der Waals surface area contributed by atoms with Crippen LogP contribution in [0.2, 0.25) is 0 Å². The van der Waals surface area contributed by atoms with Crippen molar-refractivity contribution in [1.82, 2.24) is 15.0 Å². The van der Waals surface area contributed by atoms with Crippen molar-refractivity contribution in [3.8, 4) is 17.4 Å². The Balaban J connectivity index is 1.76. The third-order valence-corrected chi connectivity index (χ3v) is 5.81. The van der Waals surface area contributed by atoms with Gasteiger partial charge in [-0.2, -0.15) is 9.97 Å². The highest BCUT2D eigenvalue weighted by Gasteiger charge is 2.45. The normalized spacial score (nSPS) is 19.8. The molecule has 0 saturated heterocycles. The Bertz CT molecular complexity index is 1230. The van der Waals surface area contributed by atoms with Crippen LogP contribution in [0, 0.1) is 6.92 Å². The molecule has 0 bridgehead atoms. The van der Waals surface area contributed by atoms with Crippen molar-refractivity contribution in [2.75, 3.05) is 7.11 Å². The molecule has 4 nitrogen and oxygen atoms in total. The Hall–Kier alpha value is -3.01. The summed E-state index contributed by atoms with van der Waals surface area (Å²) in [4.78, 5) is 13.4. The average molecular weight is 339 g/mol. The largest absolute Gasteiger partial charge is 0.467 e. The third-order valence-electron chi connectivity index (χ3n) is 5.81. The van der Waals surface area contributed by atoms with E-state index in [1.165, 1.54) is 39.1 Å². The molecule has 1 fully saturated rings. The van der Waals surface area contributed by atoms with Crippen LogP contribution in [0.1, 0.15) is 35.2 Å². The van der Waals surface area contributed by atoms with Crippen LogP contribution in [0.5, 0.6) is 6.01 Å². The second-order valence-corrected chi connectivity index (χ2v) is 7.28. The van der Waals surface area contributed by atoms with Crippen LogP contribution in [0.25, 0.3) is 32.9 Å². The van der Waals surface area contributed by atoms with Gasteiger partial charge in [-0.15, -0.1) is 0 Å². The molecular formula is C22H17N3O. The van der Waals surface area contributed by atoms with Crippen LogP contribution >= 0.6 is 0 Å². The zero-order valence-electron chi connectivity index (χ0n) is 14.7. The van der Waals surface area contributed by atoms with E-state index in [1.54, 1.807) is 7.11 Å². The van der Waals surface area contributed by atoms with Gasteiger partial charge < -0.3 is 4.74 Å². The predicted octanol–water partition coefficient (Wildman–Crippen LogP) is 4.75. The SMILES string of the molecule is COc1nc(C)nc(-c2ccc3ccc4cccc5c4c3c2C2CC52)n1. The molecule has 0 N–H and O–H groups in total. The molecule has 0 spiro atoms. The van der Waals surface area contributed by atoms with Crippen molar-refractivity contribution >= 4 is 21.5 Å². The minimum absolute atomic E-state index is 0.376. The van der Waals surface area contributed by atoms with E-state index in [4.69, 9.17) is 4.74 Å². The smallest absolute Gasteiger partial charge is 0.319 e. The molecule has 126 valence electrons. The van der Waals surface area contributed by atoms with Crippen LogP contribution in [-0.4, -0.2) is 22.1 Å². The molecule has 2 aliphatic rings. The van der Waals surface area contributed by atoms with Gasteiger partial charge in [0.05, 0.1) is 7.11 Å². The van der Waals surface area contributed by atoms with Gasteiger partial charge in [-0.25, -0.2) is 4.98 Å². The topological polar surface area (TPSA) is 47.9 Å². The van der Waals surface area contributed by atoms with Crippen molar-refractivity contribution in [2.45, 2.75) is 25.2 Å². The van der Waals surface area contributed by atoms with E-state index in [2.05, 4.69) is 57.4 Å². The fourth-order valence-corrected chi connectivity index (χ4v) is 4.67. The summed E-state index contributed by atoms with van der Waals surface area (Å²) in [5, 5.41) is 5.42. The summed E-state index contributed by atoms with van der Waals surface area (Å²) < 4.78 is 5.28. The van der Waals surface area contributed by atoms with Crippen LogP contribution in [0.3, 0.4) is 0 Å². The zero-order chi connectivity index (χ0) is 17.4. The Morgan fingerprint density at radius 1 is 0.885 bits per heavy atom. The number of methoxy groups -OCH3 is 1. The number of aromatic nitrogens is 3. The number of benzene rings is 3. The molecule has 1 aromatic heterocycles. The van der Waals surface area contributed by atoms with E-state index in [-0.39, 0.29) is 0 Å². The van der Waals surface area contributed by atoms with Gasteiger partial charge in [0, 0.05) is 5.56 Å². The second-order valence-electron chi connectivity index (χ2n) is 7.28. The fourth-order valence-electron chi connectivity index (χ4n) is 4.67. The van der Waals surface area contributed by atoms with Gasteiger partial charge >= 0.3 is 6.01 Å². The van der Waals surface area contributed by atoms with Crippen LogP contribution in [0.15, 0.2) is 42.5 Å². The number of ether oxygens (including phenoxy) is 1. The van der Waals surface area contributed by atoms with Gasteiger partial charge in [-0.3, -0.25) is 0 Å². The predicted molar refractivity (Wildman–Crippen MR) is 102 cm³/mol. The average Bonchev–Trinajstić information content (AvgIpc) is 3.47. The molecule has 0 aliphatic heterocycles. The maximum atomic E-state index is 5.28. The highest BCUT2D eigenvalue weighted by atomic mass is 16.5. The first kappa shape index (κ1) is 14.2. The monoisotopic (exact) mass is 339 g/mol. The van der Waals surface area contributed by atoms with E-state index in [1.807, 2.05) is 6.92 Å². The zero-order valence-corrected chi connectivity index (χ0v) is 14.7. The van der Waals surface area contributed by atoms with Crippen molar-refractivity contribution < 1.29 is 4.74 Å². The molecule has 0 radical (unpaired) electrons. The molecule has 0 amide bonds. The molecular weight excluding hydrogens is 322 g/mol. The first-order chi connectivity index (χ1) is 12.7. The molecule has 26 heavy (non-hydrogen) atoms. The van der Waals surface area contributed by atoms with Gasteiger partial charge in [0.2, 0.25) is 0 Å². The van der Waals surface area contributed by atoms with Crippen molar-refractivity contribution in [3.05, 3.63) is 59.4 Å². The first-order valence-electron chi connectivity index (χ1n) is 9.00. The quantitative estimate of drug-likeness (QED) is 0.495. The van der Waals surface area contributed by atoms with Crippen molar-refractivity contribution in [1.29, 1.82) is 0 Å². The molecule has 1 heterocycles. The number of hydrogen-bond donors (Lipinski definition) is 0. The Morgan fingerprint density at radius 2 is 1.69 bits per heavy atom. The molecule has 6 rings (SSSR count). The number of rotatable bonds is 2. The van der Waals surface area contributed by atoms with E-state index >= 15 is 0 Å². The summed E-state index contributed by atoms with van der Waals surface area (Å²) in [5.41, 5.74) is 4.03. The number of nitrogens with zero attached hydrogens (tertiary/aromatic N) is 3. The second kappa shape index (κ2) is 4.79. The maximum Gasteiger partial charge on any atom is 0.319 e. The van der Waals surface area contributed by atoms with Gasteiger partial charge in [0.15, 0.2) is 5.82 Å². The lowest BCUT2D eigenvalue weighted by Gasteiger charge is -2.20. The van der Waals surface area contributed by atoms with Crippen LogP contribution < -0.4 is 4.74 Å². The van der Waals surface area contributed by atoms with Gasteiger partial charge in [-0.05, 0) is 57.9 Å². The van der Waals surface area contributed by atoms with Crippen molar-refractivity contribution in [3.63, 3.8) is 0 Å². The van der Waals surface area contributed by atoms with Crippen molar-refractivity contribution in [2.24, 2.45) is 0 Å².